The average Bonchev–Trinajstić information content (AvgIpc) is 3.56. The SMILES string of the molecule is Cc1cccc2c1CN(S(=O)(=O)C(F)(F)F)C[C@@H](CCC1CC1)N2Cc1cc(N)c(F)cn1. The van der Waals surface area contributed by atoms with E-state index in [1.54, 1.807) is 25.1 Å². The summed E-state index contributed by atoms with van der Waals surface area (Å²) in [7, 11) is -5.53. The lowest BCUT2D eigenvalue weighted by atomic mass is 10.0. The van der Waals surface area contributed by atoms with Crippen LogP contribution >= 0.6 is 0 Å². The fourth-order valence-corrected chi connectivity index (χ4v) is 5.28. The molecule has 2 N–H and O–H groups in total. The molecule has 180 valence electrons. The molecule has 1 atom stereocenters. The number of hydrogen-bond donors (Lipinski definition) is 1. The molecule has 1 aromatic carbocycles. The zero-order valence-electron chi connectivity index (χ0n) is 18.1. The maximum atomic E-state index is 13.6. The quantitative estimate of drug-likeness (QED) is 0.615. The third-order valence-electron chi connectivity index (χ3n) is 6.40. The number of nitrogens with zero attached hydrogens (tertiary/aromatic N) is 3. The van der Waals surface area contributed by atoms with Gasteiger partial charge in [-0.3, -0.25) is 4.98 Å². The van der Waals surface area contributed by atoms with E-state index in [0.717, 1.165) is 25.5 Å². The number of hydrogen-bond acceptors (Lipinski definition) is 5. The van der Waals surface area contributed by atoms with Gasteiger partial charge < -0.3 is 10.6 Å². The van der Waals surface area contributed by atoms with Crippen molar-refractivity contribution in [2.45, 2.75) is 57.2 Å². The van der Waals surface area contributed by atoms with E-state index in [4.69, 9.17) is 5.73 Å². The third kappa shape index (κ3) is 4.93. The van der Waals surface area contributed by atoms with Crippen LogP contribution in [0.15, 0.2) is 30.5 Å². The Morgan fingerprint density at radius 1 is 1.21 bits per heavy atom. The number of pyridine rings is 1. The molecule has 0 saturated heterocycles. The second-order valence-electron chi connectivity index (χ2n) is 8.82. The number of alkyl halides is 3. The lowest BCUT2D eigenvalue weighted by Gasteiger charge is -2.34. The summed E-state index contributed by atoms with van der Waals surface area (Å²) in [6.07, 6.45) is 4.48. The van der Waals surface area contributed by atoms with Crippen molar-refractivity contribution >= 4 is 21.4 Å². The molecule has 0 spiro atoms. The molecule has 2 heterocycles. The van der Waals surface area contributed by atoms with Crippen LogP contribution in [0.2, 0.25) is 0 Å². The molecule has 4 rings (SSSR count). The number of nitrogens with two attached hydrogens (primary N) is 1. The molecule has 0 radical (unpaired) electrons. The molecule has 2 aliphatic rings. The number of halogens is 4. The fraction of sp³-hybridized carbons (Fsp3) is 0.500. The summed E-state index contributed by atoms with van der Waals surface area (Å²) in [5.74, 6) is -0.141. The maximum Gasteiger partial charge on any atom is 0.511 e. The number of aryl methyl sites for hydroxylation is 1. The van der Waals surface area contributed by atoms with Crippen molar-refractivity contribution in [3.8, 4) is 0 Å². The minimum Gasteiger partial charge on any atom is -0.396 e. The van der Waals surface area contributed by atoms with Crippen molar-refractivity contribution < 1.29 is 26.0 Å². The van der Waals surface area contributed by atoms with Crippen molar-refractivity contribution in [2.75, 3.05) is 17.2 Å². The van der Waals surface area contributed by atoms with Crippen molar-refractivity contribution in [1.82, 2.24) is 9.29 Å². The fourth-order valence-electron chi connectivity index (χ4n) is 4.32. The van der Waals surface area contributed by atoms with Crippen LogP contribution < -0.4 is 10.6 Å². The van der Waals surface area contributed by atoms with Gasteiger partial charge in [0.2, 0.25) is 0 Å². The summed E-state index contributed by atoms with van der Waals surface area (Å²) >= 11 is 0. The van der Waals surface area contributed by atoms with Gasteiger partial charge in [-0.25, -0.2) is 12.8 Å². The Kier molecular flexibility index (Phi) is 6.30. The number of rotatable bonds is 6. The smallest absolute Gasteiger partial charge is 0.396 e. The Hall–Kier alpha value is -2.40. The van der Waals surface area contributed by atoms with Gasteiger partial charge in [0.25, 0.3) is 0 Å². The molecule has 0 bridgehead atoms. The summed E-state index contributed by atoms with van der Waals surface area (Å²) in [6, 6.07) is 6.20. The Morgan fingerprint density at radius 2 is 1.94 bits per heavy atom. The van der Waals surface area contributed by atoms with Crippen LogP contribution in [-0.4, -0.2) is 35.8 Å². The topological polar surface area (TPSA) is 79.5 Å². The van der Waals surface area contributed by atoms with Crippen LogP contribution in [0.5, 0.6) is 0 Å². The van der Waals surface area contributed by atoms with E-state index in [9.17, 15) is 26.0 Å². The van der Waals surface area contributed by atoms with Gasteiger partial charge in [-0.15, -0.1) is 0 Å². The molecule has 1 aromatic heterocycles. The molecular weight excluding hydrogens is 460 g/mol. The van der Waals surface area contributed by atoms with Crippen LogP contribution in [0.25, 0.3) is 0 Å². The lowest BCUT2D eigenvalue weighted by molar-refractivity contribution is -0.0492. The molecule has 0 amide bonds. The van der Waals surface area contributed by atoms with Gasteiger partial charge in [0, 0.05) is 24.8 Å². The summed E-state index contributed by atoms with van der Waals surface area (Å²) < 4.78 is 79.6. The monoisotopic (exact) mass is 486 g/mol. The van der Waals surface area contributed by atoms with Gasteiger partial charge in [-0.05, 0) is 48.9 Å². The van der Waals surface area contributed by atoms with E-state index in [2.05, 4.69) is 4.98 Å². The first-order valence-corrected chi connectivity index (χ1v) is 12.2. The molecule has 33 heavy (non-hydrogen) atoms. The van der Waals surface area contributed by atoms with E-state index in [1.807, 2.05) is 4.90 Å². The zero-order valence-corrected chi connectivity index (χ0v) is 19.0. The molecule has 1 aliphatic carbocycles. The summed E-state index contributed by atoms with van der Waals surface area (Å²) in [4.78, 5) is 6.00. The Balaban J connectivity index is 1.78. The first-order valence-electron chi connectivity index (χ1n) is 10.8. The molecule has 1 fully saturated rings. The second-order valence-corrected chi connectivity index (χ2v) is 10.7. The van der Waals surface area contributed by atoms with Crippen LogP contribution in [0.4, 0.5) is 28.9 Å². The number of sulfonamides is 1. The van der Waals surface area contributed by atoms with Crippen molar-refractivity contribution in [3.63, 3.8) is 0 Å². The Bertz CT molecular complexity index is 1140. The first-order chi connectivity index (χ1) is 15.5. The predicted octanol–water partition coefficient (Wildman–Crippen LogP) is 4.34. The van der Waals surface area contributed by atoms with E-state index < -0.39 is 27.4 Å². The number of aromatic nitrogens is 1. The third-order valence-corrected chi connectivity index (χ3v) is 7.94. The van der Waals surface area contributed by atoms with Crippen LogP contribution in [0, 0.1) is 18.7 Å². The van der Waals surface area contributed by atoms with Gasteiger partial charge in [0.1, 0.15) is 0 Å². The molecule has 11 heteroatoms. The Labute approximate surface area is 190 Å². The highest BCUT2D eigenvalue weighted by Crippen LogP contribution is 2.39. The molecule has 1 saturated carbocycles. The molecule has 6 nitrogen and oxygen atoms in total. The summed E-state index contributed by atoms with van der Waals surface area (Å²) in [5, 5.41) is 0. The summed E-state index contributed by atoms with van der Waals surface area (Å²) in [5.41, 5.74) is 2.53. The lowest BCUT2D eigenvalue weighted by Crippen LogP contribution is -2.47. The number of benzene rings is 1. The zero-order chi connectivity index (χ0) is 24.0. The summed E-state index contributed by atoms with van der Waals surface area (Å²) in [6.45, 7) is 1.23. The highest BCUT2D eigenvalue weighted by molar-refractivity contribution is 7.89. The van der Waals surface area contributed by atoms with Crippen molar-refractivity contribution in [2.24, 2.45) is 5.92 Å². The molecule has 1 aliphatic heterocycles. The minimum absolute atomic E-state index is 0.0740. The highest BCUT2D eigenvalue weighted by atomic mass is 32.2. The maximum absolute atomic E-state index is 13.6. The Morgan fingerprint density at radius 3 is 2.58 bits per heavy atom. The number of anilines is 2. The van der Waals surface area contributed by atoms with Crippen LogP contribution in [0.1, 0.15) is 42.5 Å². The van der Waals surface area contributed by atoms with Crippen molar-refractivity contribution in [1.29, 1.82) is 0 Å². The van der Waals surface area contributed by atoms with Crippen LogP contribution in [-0.2, 0) is 23.1 Å². The van der Waals surface area contributed by atoms with E-state index in [1.165, 1.54) is 6.07 Å². The van der Waals surface area contributed by atoms with Gasteiger partial charge in [0.05, 0.1) is 24.1 Å². The van der Waals surface area contributed by atoms with Gasteiger partial charge in [0.15, 0.2) is 5.82 Å². The molecule has 2 aromatic rings. The second kappa shape index (κ2) is 8.75. The van der Waals surface area contributed by atoms with E-state index >= 15 is 0 Å². The normalized spacial score (nSPS) is 19.9. The largest absolute Gasteiger partial charge is 0.511 e. The number of fused-ring (bicyclic) bond motifs is 1. The van der Waals surface area contributed by atoms with Crippen LogP contribution in [0.3, 0.4) is 0 Å². The standard InChI is InChI=1S/C22H26F4N4O2S/c1-14-3-2-4-21-18(14)13-29(33(31,32)22(24,25)26)12-17(8-7-15-5-6-15)30(21)11-16-9-20(27)19(23)10-28-16/h2-4,9-10,15,17H,5-8,11-13H2,1H3,(H2,27,28)/t17-/m1/s1. The van der Waals surface area contributed by atoms with Gasteiger partial charge >= 0.3 is 15.5 Å². The van der Waals surface area contributed by atoms with Gasteiger partial charge in [-0.1, -0.05) is 25.0 Å². The van der Waals surface area contributed by atoms with Gasteiger partial charge in [-0.2, -0.15) is 17.5 Å². The average molecular weight is 487 g/mol. The molecule has 0 unspecified atom stereocenters. The van der Waals surface area contributed by atoms with E-state index in [-0.39, 0.29) is 25.3 Å². The van der Waals surface area contributed by atoms with E-state index in [0.29, 0.717) is 39.2 Å². The highest BCUT2D eigenvalue weighted by Gasteiger charge is 2.51. The molecular formula is C22H26F4N4O2S. The minimum atomic E-state index is -5.53. The predicted molar refractivity (Wildman–Crippen MR) is 117 cm³/mol. The number of nitrogen functional groups attached to an aromatic ring is 1. The first kappa shape index (κ1) is 23.7. The van der Waals surface area contributed by atoms with Crippen molar-refractivity contribution in [3.05, 3.63) is 53.1 Å².